The monoisotopic (exact) mass is 310 g/mol. The molecule has 1 fully saturated rings. The second-order valence-electron chi connectivity index (χ2n) is 4.55. The molecule has 0 radical (unpaired) electrons. The standard InChI is InChI=1S/C14H18N2O4S/c1-15-21(18,19)13-5-2-12(3-6-13)4-7-14(17)16-8-10-20-11-9-16/h2-7,15H,8-11H2,1H3/b7-4+. The smallest absolute Gasteiger partial charge is 0.246 e. The van der Waals surface area contributed by atoms with Gasteiger partial charge in [0, 0.05) is 19.2 Å². The van der Waals surface area contributed by atoms with Gasteiger partial charge in [0.05, 0.1) is 18.1 Å². The van der Waals surface area contributed by atoms with E-state index < -0.39 is 10.0 Å². The number of sulfonamides is 1. The fraction of sp³-hybridized carbons (Fsp3) is 0.357. The molecule has 1 saturated heterocycles. The van der Waals surface area contributed by atoms with Crippen molar-refractivity contribution in [3.8, 4) is 0 Å². The van der Waals surface area contributed by atoms with E-state index in [2.05, 4.69) is 4.72 Å². The Hall–Kier alpha value is -1.70. The van der Waals surface area contributed by atoms with Gasteiger partial charge in [-0.1, -0.05) is 12.1 Å². The average Bonchev–Trinajstić information content (AvgIpc) is 2.54. The van der Waals surface area contributed by atoms with Crippen molar-refractivity contribution < 1.29 is 17.9 Å². The van der Waals surface area contributed by atoms with Gasteiger partial charge in [-0.05, 0) is 30.8 Å². The Balaban J connectivity index is 2.02. The quantitative estimate of drug-likeness (QED) is 0.820. The van der Waals surface area contributed by atoms with Crippen LogP contribution in [0.5, 0.6) is 0 Å². The minimum atomic E-state index is -3.43. The zero-order valence-corrected chi connectivity index (χ0v) is 12.6. The van der Waals surface area contributed by atoms with Crippen LogP contribution in [0.3, 0.4) is 0 Å². The maximum absolute atomic E-state index is 11.9. The average molecular weight is 310 g/mol. The first kappa shape index (κ1) is 15.7. The van der Waals surface area contributed by atoms with Crippen LogP contribution < -0.4 is 4.72 Å². The van der Waals surface area contributed by atoms with Crippen LogP contribution >= 0.6 is 0 Å². The molecule has 1 aromatic rings. The van der Waals surface area contributed by atoms with Crippen LogP contribution in [0.15, 0.2) is 35.2 Å². The lowest BCUT2D eigenvalue weighted by Gasteiger charge is -2.25. The largest absolute Gasteiger partial charge is 0.378 e. The van der Waals surface area contributed by atoms with Crippen molar-refractivity contribution in [3.63, 3.8) is 0 Å². The maximum atomic E-state index is 11.9. The number of rotatable bonds is 4. The van der Waals surface area contributed by atoms with Crippen LogP contribution in [0.25, 0.3) is 6.08 Å². The molecule has 1 aliphatic heterocycles. The minimum Gasteiger partial charge on any atom is -0.378 e. The van der Waals surface area contributed by atoms with Crippen LogP contribution in [0, 0.1) is 0 Å². The number of carbonyl (C=O) groups is 1. The van der Waals surface area contributed by atoms with Crippen LogP contribution in [0.2, 0.25) is 0 Å². The van der Waals surface area contributed by atoms with Gasteiger partial charge in [-0.15, -0.1) is 0 Å². The Bertz CT molecular complexity index is 617. The van der Waals surface area contributed by atoms with Crippen molar-refractivity contribution >= 4 is 22.0 Å². The Labute approximate surface area is 124 Å². The van der Waals surface area contributed by atoms with Crippen molar-refractivity contribution in [2.45, 2.75) is 4.90 Å². The van der Waals surface area contributed by atoms with Crippen LogP contribution in [0.1, 0.15) is 5.56 Å². The van der Waals surface area contributed by atoms with E-state index in [1.165, 1.54) is 25.3 Å². The highest BCUT2D eigenvalue weighted by atomic mass is 32.2. The number of morpholine rings is 1. The Morgan fingerprint density at radius 1 is 1.24 bits per heavy atom. The summed E-state index contributed by atoms with van der Waals surface area (Å²) in [6.45, 7) is 2.33. The summed E-state index contributed by atoms with van der Waals surface area (Å²) in [6, 6.07) is 6.33. The minimum absolute atomic E-state index is 0.0646. The fourth-order valence-electron chi connectivity index (χ4n) is 1.93. The molecule has 2 rings (SSSR count). The van der Waals surface area contributed by atoms with Crippen molar-refractivity contribution in [3.05, 3.63) is 35.9 Å². The Kier molecular flexibility index (Phi) is 5.11. The molecule has 1 N–H and O–H groups in total. The number of hydrogen-bond donors (Lipinski definition) is 1. The number of amides is 1. The van der Waals surface area contributed by atoms with Gasteiger partial charge in [-0.25, -0.2) is 13.1 Å². The highest BCUT2D eigenvalue weighted by molar-refractivity contribution is 7.89. The summed E-state index contributed by atoms with van der Waals surface area (Å²) in [6.07, 6.45) is 3.17. The summed E-state index contributed by atoms with van der Waals surface area (Å²) in [4.78, 5) is 13.8. The molecule has 0 unspecified atom stereocenters. The fourth-order valence-corrected chi connectivity index (χ4v) is 2.66. The normalized spacial score (nSPS) is 16.3. The summed E-state index contributed by atoms with van der Waals surface area (Å²) in [5, 5.41) is 0. The molecule has 6 nitrogen and oxygen atoms in total. The molecule has 21 heavy (non-hydrogen) atoms. The van der Waals surface area contributed by atoms with Gasteiger partial charge in [0.1, 0.15) is 0 Å². The van der Waals surface area contributed by atoms with Crippen molar-refractivity contribution in [1.29, 1.82) is 0 Å². The molecule has 0 bridgehead atoms. The Morgan fingerprint density at radius 2 is 1.86 bits per heavy atom. The summed E-state index contributed by atoms with van der Waals surface area (Å²) < 4.78 is 30.6. The topological polar surface area (TPSA) is 75.7 Å². The number of benzene rings is 1. The maximum Gasteiger partial charge on any atom is 0.246 e. The molecular weight excluding hydrogens is 292 g/mol. The molecule has 0 spiro atoms. The molecule has 0 atom stereocenters. The Morgan fingerprint density at radius 3 is 2.43 bits per heavy atom. The first-order valence-corrected chi connectivity index (χ1v) is 8.09. The number of nitrogens with one attached hydrogen (secondary N) is 1. The van der Waals surface area contributed by atoms with E-state index in [9.17, 15) is 13.2 Å². The number of carbonyl (C=O) groups excluding carboxylic acids is 1. The molecule has 0 saturated carbocycles. The van der Waals surface area contributed by atoms with Crippen molar-refractivity contribution in [2.24, 2.45) is 0 Å². The summed E-state index contributed by atoms with van der Waals surface area (Å²) in [5.41, 5.74) is 0.770. The lowest BCUT2D eigenvalue weighted by molar-refractivity contribution is -0.129. The third-order valence-electron chi connectivity index (χ3n) is 3.20. The van der Waals surface area contributed by atoms with Gasteiger partial charge in [0.15, 0.2) is 0 Å². The third kappa shape index (κ3) is 4.13. The lowest BCUT2D eigenvalue weighted by atomic mass is 10.2. The van der Waals surface area contributed by atoms with E-state index in [0.29, 0.717) is 26.3 Å². The van der Waals surface area contributed by atoms with Crippen LogP contribution in [-0.4, -0.2) is 52.6 Å². The van der Waals surface area contributed by atoms with Gasteiger partial charge >= 0.3 is 0 Å². The first-order valence-electron chi connectivity index (χ1n) is 6.61. The van der Waals surface area contributed by atoms with Gasteiger partial charge in [-0.2, -0.15) is 0 Å². The second kappa shape index (κ2) is 6.84. The molecule has 1 aliphatic rings. The number of hydrogen-bond acceptors (Lipinski definition) is 4. The number of nitrogens with zero attached hydrogens (tertiary/aromatic N) is 1. The molecule has 0 aromatic heterocycles. The van der Waals surface area contributed by atoms with Gasteiger partial charge in [0.25, 0.3) is 0 Å². The predicted octanol–water partition coefficient (Wildman–Crippen LogP) is 0.467. The zero-order valence-electron chi connectivity index (χ0n) is 11.8. The van der Waals surface area contributed by atoms with E-state index in [1.807, 2.05) is 0 Å². The lowest BCUT2D eigenvalue weighted by Crippen LogP contribution is -2.39. The van der Waals surface area contributed by atoms with E-state index in [-0.39, 0.29) is 10.8 Å². The third-order valence-corrected chi connectivity index (χ3v) is 4.63. The van der Waals surface area contributed by atoms with Crippen LogP contribution in [-0.2, 0) is 19.6 Å². The van der Waals surface area contributed by atoms with E-state index in [4.69, 9.17) is 4.74 Å². The van der Waals surface area contributed by atoms with Crippen molar-refractivity contribution in [2.75, 3.05) is 33.4 Å². The summed E-state index contributed by atoms with van der Waals surface area (Å²) >= 11 is 0. The SMILES string of the molecule is CNS(=O)(=O)c1ccc(/C=C/C(=O)N2CCOCC2)cc1. The highest BCUT2D eigenvalue weighted by Crippen LogP contribution is 2.11. The molecule has 1 amide bonds. The van der Waals surface area contributed by atoms with Gasteiger partial charge in [-0.3, -0.25) is 4.79 Å². The highest BCUT2D eigenvalue weighted by Gasteiger charge is 2.14. The van der Waals surface area contributed by atoms with E-state index in [1.54, 1.807) is 23.1 Å². The number of ether oxygens (including phenoxy) is 1. The molecule has 0 aliphatic carbocycles. The van der Waals surface area contributed by atoms with E-state index >= 15 is 0 Å². The predicted molar refractivity (Wildman–Crippen MR) is 79.1 cm³/mol. The first-order chi connectivity index (χ1) is 10.0. The molecule has 114 valence electrons. The summed E-state index contributed by atoms with van der Waals surface area (Å²) in [7, 11) is -2.06. The zero-order chi connectivity index (χ0) is 15.3. The van der Waals surface area contributed by atoms with Gasteiger partial charge < -0.3 is 9.64 Å². The molecular formula is C14H18N2O4S. The van der Waals surface area contributed by atoms with Gasteiger partial charge in [0.2, 0.25) is 15.9 Å². The van der Waals surface area contributed by atoms with E-state index in [0.717, 1.165) is 5.56 Å². The molecule has 1 aromatic carbocycles. The van der Waals surface area contributed by atoms with Crippen LogP contribution in [0.4, 0.5) is 0 Å². The second-order valence-corrected chi connectivity index (χ2v) is 6.43. The molecule has 1 heterocycles. The molecule has 7 heteroatoms. The van der Waals surface area contributed by atoms with Crippen molar-refractivity contribution in [1.82, 2.24) is 9.62 Å². The summed E-state index contributed by atoms with van der Waals surface area (Å²) in [5.74, 6) is -0.0646.